The Kier molecular flexibility index (Phi) is 5.44. The smallest absolute Gasteiger partial charge is 0.265 e. The lowest BCUT2D eigenvalue weighted by atomic mass is 10.2. The molecule has 4 aromatic rings. The van der Waals surface area contributed by atoms with Crippen molar-refractivity contribution in [2.24, 2.45) is 0 Å². The van der Waals surface area contributed by atoms with Crippen LogP contribution in [0.5, 0.6) is 0 Å². The number of hydrogen-bond acceptors (Lipinski definition) is 5. The predicted octanol–water partition coefficient (Wildman–Crippen LogP) is 4.87. The number of rotatable bonds is 4. The van der Waals surface area contributed by atoms with Crippen LogP contribution in [0.3, 0.4) is 0 Å². The van der Waals surface area contributed by atoms with Crippen LogP contribution >= 0.6 is 35.0 Å². The molecule has 7 nitrogen and oxygen atoms in total. The van der Waals surface area contributed by atoms with E-state index in [0.717, 1.165) is 11.3 Å². The Morgan fingerprint density at radius 1 is 1.22 bits per heavy atom. The average Bonchev–Trinajstić information content (AvgIpc) is 3.36. The number of aromatic nitrogens is 4. The summed E-state index contributed by atoms with van der Waals surface area (Å²) in [6, 6.07) is 12.4. The topological polar surface area (TPSA) is 81.8 Å². The Hall–Kier alpha value is -2.81. The second-order valence-corrected chi connectivity index (χ2v) is 9.35. The number of amides is 1. The molecule has 5 rings (SSSR count). The lowest BCUT2D eigenvalue weighted by molar-refractivity contribution is -0.116. The van der Waals surface area contributed by atoms with Crippen LogP contribution < -0.4 is 10.9 Å². The summed E-state index contributed by atoms with van der Waals surface area (Å²) in [7, 11) is 0. The number of thioether (sulfide) groups is 1. The quantitative estimate of drug-likeness (QED) is 0.416. The van der Waals surface area contributed by atoms with Gasteiger partial charge in [0.25, 0.3) is 5.56 Å². The van der Waals surface area contributed by atoms with E-state index in [1.165, 1.54) is 18.0 Å². The van der Waals surface area contributed by atoms with Crippen LogP contribution in [0.4, 0.5) is 5.69 Å². The maximum absolute atomic E-state index is 13.3. The molecule has 0 aliphatic carbocycles. The van der Waals surface area contributed by atoms with Crippen molar-refractivity contribution in [1.29, 1.82) is 0 Å². The molecule has 0 saturated heterocycles. The van der Waals surface area contributed by atoms with Crippen molar-refractivity contribution in [3.63, 3.8) is 0 Å². The molecule has 32 heavy (non-hydrogen) atoms. The average molecular weight is 486 g/mol. The highest BCUT2D eigenvalue weighted by molar-refractivity contribution is 7.99. The number of anilines is 1. The first-order valence-corrected chi connectivity index (χ1v) is 11.6. The van der Waals surface area contributed by atoms with Crippen LogP contribution in [0.25, 0.3) is 16.7 Å². The highest BCUT2D eigenvalue weighted by Gasteiger charge is 2.29. The maximum atomic E-state index is 13.3. The van der Waals surface area contributed by atoms with Crippen LogP contribution in [-0.2, 0) is 4.79 Å². The molecule has 0 bridgehead atoms. The normalized spacial score (nSPS) is 15.2. The first kappa shape index (κ1) is 21.1. The third-order valence-electron chi connectivity index (χ3n) is 5.24. The molecule has 162 valence electrons. The molecule has 1 aliphatic rings. The second-order valence-electron chi connectivity index (χ2n) is 7.55. The largest absolute Gasteiger partial charge is 0.326 e. The molecule has 1 aliphatic heterocycles. The van der Waals surface area contributed by atoms with Gasteiger partial charge in [0.05, 0.1) is 28.0 Å². The van der Waals surface area contributed by atoms with Gasteiger partial charge in [-0.25, -0.2) is 9.67 Å². The van der Waals surface area contributed by atoms with Gasteiger partial charge in [-0.1, -0.05) is 47.1 Å². The van der Waals surface area contributed by atoms with E-state index < -0.39 is 0 Å². The Balaban J connectivity index is 1.44. The van der Waals surface area contributed by atoms with Crippen LogP contribution in [0.1, 0.15) is 18.0 Å². The van der Waals surface area contributed by atoms with E-state index >= 15 is 0 Å². The zero-order valence-corrected chi connectivity index (χ0v) is 19.2. The molecule has 2 aromatic carbocycles. The lowest BCUT2D eigenvalue weighted by Gasteiger charge is -2.14. The van der Waals surface area contributed by atoms with Crippen molar-refractivity contribution in [3.05, 3.63) is 74.6 Å². The fourth-order valence-electron chi connectivity index (χ4n) is 3.73. The molecule has 0 saturated carbocycles. The van der Waals surface area contributed by atoms with Crippen LogP contribution in [0.2, 0.25) is 10.0 Å². The van der Waals surface area contributed by atoms with E-state index in [-0.39, 0.29) is 23.9 Å². The van der Waals surface area contributed by atoms with Gasteiger partial charge in [-0.2, -0.15) is 5.10 Å². The minimum Gasteiger partial charge on any atom is -0.326 e. The van der Waals surface area contributed by atoms with Gasteiger partial charge in [-0.3, -0.25) is 14.2 Å². The summed E-state index contributed by atoms with van der Waals surface area (Å²) in [5.41, 5.74) is 2.81. The molecule has 3 heterocycles. The van der Waals surface area contributed by atoms with E-state index in [0.29, 0.717) is 37.7 Å². The van der Waals surface area contributed by atoms with Gasteiger partial charge in [0.2, 0.25) is 5.91 Å². The Bertz CT molecular complexity index is 1430. The number of carbonyl (C=O) groups excluding carboxylic acids is 1. The number of nitrogens with zero attached hydrogens (tertiary/aromatic N) is 4. The van der Waals surface area contributed by atoms with E-state index in [9.17, 15) is 9.59 Å². The molecular formula is C22H17Cl2N5O2S. The number of halogens is 2. The zero-order chi connectivity index (χ0) is 22.4. The second kappa shape index (κ2) is 8.27. The fourth-order valence-corrected chi connectivity index (χ4v) is 5.16. The van der Waals surface area contributed by atoms with E-state index in [2.05, 4.69) is 10.4 Å². The van der Waals surface area contributed by atoms with Crippen LogP contribution in [0, 0.1) is 6.92 Å². The minimum absolute atomic E-state index is 0.138. The van der Waals surface area contributed by atoms with Gasteiger partial charge in [-0.05, 0) is 42.8 Å². The van der Waals surface area contributed by atoms with E-state index in [4.69, 9.17) is 28.2 Å². The summed E-state index contributed by atoms with van der Waals surface area (Å²) in [4.78, 5) is 30.6. The fraction of sp³-hybridized carbons (Fsp3) is 0.182. The number of nitrogens with one attached hydrogen (secondary N) is 1. The highest BCUT2D eigenvalue weighted by atomic mass is 35.5. The molecule has 0 radical (unpaired) electrons. The predicted molar refractivity (Wildman–Crippen MR) is 127 cm³/mol. The molecule has 2 aromatic heterocycles. The van der Waals surface area contributed by atoms with Crippen LogP contribution in [-0.4, -0.2) is 31.0 Å². The van der Waals surface area contributed by atoms with E-state index in [1.807, 2.05) is 31.2 Å². The van der Waals surface area contributed by atoms with Crippen LogP contribution in [0.15, 0.2) is 58.6 Å². The monoisotopic (exact) mass is 485 g/mol. The number of fused-ring (bicyclic) bond motifs is 2. The lowest BCUT2D eigenvalue weighted by Crippen LogP contribution is -2.27. The minimum atomic E-state index is -0.301. The first-order chi connectivity index (χ1) is 15.4. The van der Waals surface area contributed by atoms with Gasteiger partial charge < -0.3 is 5.32 Å². The highest BCUT2D eigenvalue weighted by Crippen LogP contribution is 2.34. The summed E-state index contributed by atoms with van der Waals surface area (Å²) < 4.78 is 3.28. The van der Waals surface area contributed by atoms with Crippen molar-refractivity contribution >= 4 is 57.6 Å². The van der Waals surface area contributed by atoms with Gasteiger partial charge in [-0.15, -0.1) is 0 Å². The molecule has 1 atom stereocenters. The van der Waals surface area contributed by atoms with Gasteiger partial charge in [0, 0.05) is 17.9 Å². The molecule has 1 amide bonds. The summed E-state index contributed by atoms with van der Waals surface area (Å²) >= 11 is 13.4. The van der Waals surface area contributed by atoms with E-state index in [1.54, 1.807) is 27.4 Å². The first-order valence-electron chi connectivity index (χ1n) is 9.86. The number of aryl methyl sites for hydroxylation is 1. The summed E-state index contributed by atoms with van der Waals surface area (Å²) in [6.45, 7) is 2.00. The van der Waals surface area contributed by atoms with Crippen molar-refractivity contribution in [2.45, 2.75) is 24.5 Å². The summed E-state index contributed by atoms with van der Waals surface area (Å²) in [5.74, 6) is 0.367. The third-order valence-corrected chi connectivity index (χ3v) is 7.08. The van der Waals surface area contributed by atoms with Gasteiger partial charge >= 0.3 is 0 Å². The van der Waals surface area contributed by atoms with Crippen molar-refractivity contribution in [1.82, 2.24) is 19.3 Å². The van der Waals surface area contributed by atoms with Crippen molar-refractivity contribution in [3.8, 4) is 5.69 Å². The molecular weight excluding hydrogens is 469 g/mol. The zero-order valence-electron chi connectivity index (χ0n) is 16.9. The third kappa shape index (κ3) is 3.79. The molecule has 1 unspecified atom stereocenters. The Morgan fingerprint density at radius 3 is 2.84 bits per heavy atom. The summed E-state index contributed by atoms with van der Waals surface area (Å²) in [6.07, 6.45) is 1.68. The molecule has 10 heteroatoms. The number of hydrogen-bond donors (Lipinski definition) is 1. The van der Waals surface area contributed by atoms with Gasteiger partial charge in [0.1, 0.15) is 5.39 Å². The number of carbonyl (C=O) groups is 1. The molecule has 1 N–H and O–H groups in total. The SMILES string of the molecule is Cc1cccc(-n2ncc3c(=O)n4c(nc32)SCC4CC(=O)Nc2ccc(Cl)c(Cl)c2)c1. The Labute approximate surface area is 197 Å². The Morgan fingerprint density at radius 2 is 2.06 bits per heavy atom. The van der Waals surface area contributed by atoms with Crippen molar-refractivity contribution in [2.75, 3.05) is 11.1 Å². The maximum Gasteiger partial charge on any atom is 0.265 e. The standard InChI is InChI=1S/C22H17Cl2N5O2S/c1-12-3-2-4-14(7-12)29-20-16(10-25-29)21(31)28-15(11-32-22(28)27-20)9-19(30)26-13-5-6-17(23)18(24)8-13/h2-8,10,15H,9,11H2,1H3,(H,26,30). The molecule has 0 spiro atoms. The molecule has 0 fully saturated rings. The number of benzene rings is 2. The van der Waals surface area contributed by atoms with Crippen molar-refractivity contribution < 1.29 is 4.79 Å². The van der Waals surface area contributed by atoms with Gasteiger partial charge in [0.15, 0.2) is 10.8 Å². The summed E-state index contributed by atoms with van der Waals surface area (Å²) in [5, 5.41) is 8.99.